The molecular formula is C24H32O3. The smallest absolute Gasteiger partial charge is 0.147 e. The highest BCUT2D eigenvalue weighted by molar-refractivity contribution is 5.22. The van der Waals surface area contributed by atoms with E-state index in [1.807, 2.05) is 18.2 Å². The van der Waals surface area contributed by atoms with Crippen molar-refractivity contribution in [1.29, 1.82) is 0 Å². The summed E-state index contributed by atoms with van der Waals surface area (Å²) in [6.45, 7) is 5.39. The van der Waals surface area contributed by atoms with Gasteiger partial charge in [-0.2, -0.15) is 0 Å². The molecule has 1 saturated carbocycles. The predicted octanol–water partition coefficient (Wildman–Crippen LogP) is 4.87. The van der Waals surface area contributed by atoms with Crippen molar-refractivity contribution in [2.75, 3.05) is 6.79 Å². The molecule has 0 saturated heterocycles. The average Bonchev–Trinajstić information content (AvgIpc) is 3.29. The van der Waals surface area contributed by atoms with Gasteiger partial charge in [0.1, 0.15) is 6.79 Å². The lowest BCUT2D eigenvalue weighted by molar-refractivity contribution is -0.124. The van der Waals surface area contributed by atoms with Gasteiger partial charge < -0.3 is 14.6 Å². The van der Waals surface area contributed by atoms with E-state index in [2.05, 4.69) is 44.2 Å². The van der Waals surface area contributed by atoms with Gasteiger partial charge in [0, 0.05) is 5.92 Å². The van der Waals surface area contributed by atoms with Crippen LogP contribution in [-0.2, 0) is 16.1 Å². The number of benzene rings is 1. The van der Waals surface area contributed by atoms with Crippen molar-refractivity contribution in [3.8, 4) is 0 Å². The number of aliphatic hydroxyl groups is 1. The lowest BCUT2D eigenvalue weighted by Crippen LogP contribution is -2.45. The van der Waals surface area contributed by atoms with Crippen molar-refractivity contribution in [1.82, 2.24) is 0 Å². The van der Waals surface area contributed by atoms with Gasteiger partial charge >= 0.3 is 0 Å². The Morgan fingerprint density at radius 1 is 1.19 bits per heavy atom. The van der Waals surface area contributed by atoms with E-state index < -0.39 is 0 Å². The molecular weight excluding hydrogens is 336 g/mol. The van der Waals surface area contributed by atoms with Crippen molar-refractivity contribution in [2.45, 2.75) is 58.3 Å². The van der Waals surface area contributed by atoms with Crippen LogP contribution in [0.5, 0.6) is 0 Å². The highest BCUT2D eigenvalue weighted by Gasteiger charge is 2.53. The summed E-state index contributed by atoms with van der Waals surface area (Å²) < 4.78 is 11.9. The monoisotopic (exact) mass is 368 g/mol. The zero-order valence-electron chi connectivity index (χ0n) is 16.5. The van der Waals surface area contributed by atoms with Gasteiger partial charge in [-0.25, -0.2) is 0 Å². The molecule has 0 aliphatic heterocycles. The standard InChI is InChI=1S/C24H32O3/c1-17-11-12-21-22(27-16-26-15-18-7-4-3-5-8-18)13-14-24(21,2)23(25)20-10-6-9-19(17)20/h3-9,11,19-23,25H,10,12-16H2,1-2H3/t19-,20-,21-,22-,23-,24+/m1/s1. The highest BCUT2D eigenvalue weighted by atomic mass is 16.7. The molecule has 0 unspecified atom stereocenters. The Kier molecular flexibility index (Phi) is 5.54. The maximum absolute atomic E-state index is 11.3. The summed E-state index contributed by atoms with van der Waals surface area (Å²) in [7, 11) is 0. The molecule has 0 heterocycles. The van der Waals surface area contributed by atoms with Gasteiger partial charge in [-0.15, -0.1) is 0 Å². The highest BCUT2D eigenvalue weighted by Crippen LogP contribution is 2.54. The summed E-state index contributed by atoms with van der Waals surface area (Å²) in [5.41, 5.74) is 2.49. The van der Waals surface area contributed by atoms with Gasteiger partial charge in [0.15, 0.2) is 0 Å². The molecule has 1 N–H and O–H groups in total. The minimum atomic E-state index is -0.273. The van der Waals surface area contributed by atoms with Crippen LogP contribution in [0.3, 0.4) is 0 Å². The molecule has 0 radical (unpaired) electrons. The number of ether oxygens (including phenoxy) is 2. The van der Waals surface area contributed by atoms with Crippen LogP contribution in [0.2, 0.25) is 0 Å². The first-order valence-corrected chi connectivity index (χ1v) is 10.3. The molecule has 0 spiro atoms. The van der Waals surface area contributed by atoms with Gasteiger partial charge in [-0.1, -0.05) is 61.1 Å². The summed E-state index contributed by atoms with van der Waals surface area (Å²) in [4.78, 5) is 0. The second-order valence-electron chi connectivity index (χ2n) is 8.79. The molecule has 0 amide bonds. The third-order valence-corrected chi connectivity index (χ3v) is 7.25. The van der Waals surface area contributed by atoms with Crippen molar-refractivity contribution in [3.05, 3.63) is 59.7 Å². The molecule has 4 rings (SSSR count). The Labute approximate surface area is 163 Å². The van der Waals surface area contributed by atoms with E-state index in [-0.39, 0.29) is 17.6 Å². The molecule has 6 atom stereocenters. The Balaban J connectivity index is 1.40. The van der Waals surface area contributed by atoms with E-state index in [0.29, 0.717) is 31.2 Å². The van der Waals surface area contributed by atoms with Gasteiger partial charge in [-0.3, -0.25) is 0 Å². The Bertz CT molecular complexity index is 695. The number of rotatable bonds is 5. The minimum absolute atomic E-state index is 0.0732. The topological polar surface area (TPSA) is 38.7 Å². The van der Waals surface area contributed by atoms with Crippen molar-refractivity contribution in [3.63, 3.8) is 0 Å². The Morgan fingerprint density at radius 2 is 2.00 bits per heavy atom. The molecule has 0 aromatic heterocycles. The summed E-state index contributed by atoms with van der Waals surface area (Å²) in [6.07, 6.45) is 10.8. The van der Waals surface area contributed by atoms with E-state index in [4.69, 9.17) is 9.47 Å². The zero-order chi connectivity index (χ0) is 18.9. The Hall–Kier alpha value is -1.42. The maximum atomic E-state index is 11.3. The second-order valence-corrected chi connectivity index (χ2v) is 8.79. The van der Waals surface area contributed by atoms with Crippen LogP contribution in [-0.4, -0.2) is 24.1 Å². The third kappa shape index (κ3) is 3.65. The number of hydrogen-bond acceptors (Lipinski definition) is 3. The summed E-state index contributed by atoms with van der Waals surface area (Å²) in [6, 6.07) is 10.2. The number of allylic oxidation sites excluding steroid dienone is 4. The molecule has 1 aromatic rings. The van der Waals surface area contributed by atoms with Crippen LogP contribution in [0.25, 0.3) is 0 Å². The van der Waals surface area contributed by atoms with E-state index in [1.54, 1.807) is 0 Å². The van der Waals surface area contributed by atoms with Crippen LogP contribution in [0.15, 0.2) is 54.1 Å². The number of aliphatic hydroxyl groups excluding tert-OH is 1. The number of fused-ring (bicyclic) bond motifs is 2. The first kappa shape index (κ1) is 18.9. The lowest BCUT2D eigenvalue weighted by Gasteiger charge is -2.43. The second kappa shape index (κ2) is 7.90. The molecule has 0 bridgehead atoms. The fraction of sp³-hybridized carbons (Fsp3) is 0.583. The van der Waals surface area contributed by atoms with Gasteiger partial charge in [0.2, 0.25) is 0 Å². The van der Waals surface area contributed by atoms with Crippen molar-refractivity contribution in [2.24, 2.45) is 23.2 Å². The molecule has 3 heteroatoms. The van der Waals surface area contributed by atoms with Crippen LogP contribution < -0.4 is 0 Å². The van der Waals surface area contributed by atoms with Crippen molar-refractivity contribution >= 4 is 0 Å². The molecule has 146 valence electrons. The first-order chi connectivity index (χ1) is 13.1. The van der Waals surface area contributed by atoms with E-state index in [1.165, 1.54) is 5.57 Å². The predicted molar refractivity (Wildman–Crippen MR) is 107 cm³/mol. The Morgan fingerprint density at radius 3 is 2.81 bits per heavy atom. The SMILES string of the molecule is CC1=CC[C@@H]2[C@H](OCOCc3ccccc3)CC[C@]2(C)[C@H](O)[C@@H]2CC=C[C@H]12. The van der Waals surface area contributed by atoms with Crippen LogP contribution >= 0.6 is 0 Å². The molecule has 3 aliphatic carbocycles. The van der Waals surface area contributed by atoms with E-state index in [9.17, 15) is 5.11 Å². The quantitative estimate of drug-likeness (QED) is 0.458. The first-order valence-electron chi connectivity index (χ1n) is 10.3. The van der Waals surface area contributed by atoms with E-state index >= 15 is 0 Å². The fourth-order valence-corrected chi connectivity index (χ4v) is 5.55. The minimum Gasteiger partial charge on any atom is -0.392 e. The van der Waals surface area contributed by atoms with Crippen LogP contribution in [0.4, 0.5) is 0 Å². The van der Waals surface area contributed by atoms with Crippen LogP contribution in [0.1, 0.15) is 45.1 Å². The molecule has 27 heavy (non-hydrogen) atoms. The number of hydrogen-bond donors (Lipinski definition) is 1. The van der Waals surface area contributed by atoms with Gasteiger partial charge in [-0.05, 0) is 55.4 Å². The third-order valence-electron chi connectivity index (χ3n) is 7.25. The van der Waals surface area contributed by atoms with Gasteiger partial charge in [0.25, 0.3) is 0 Å². The average molecular weight is 369 g/mol. The molecule has 3 nitrogen and oxygen atoms in total. The van der Waals surface area contributed by atoms with Crippen molar-refractivity contribution < 1.29 is 14.6 Å². The molecule has 1 fully saturated rings. The summed E-state index contributed by atoms with van der Waals surface area (Å²) >= 11 is 0. The molecule has 3 aliphatic rings. The molecule has 1 aromatic carbocycles. The summed E-state index contributed by atoms with van der Waals surface area (Å²) in [5.74, 6) is 1.08. The normalized spacial score (nSPS) is 38.0. The fourth-order valence-electron chi connectivity index (χ4n) is 5.55. The largest absolute Gasteiger partial charge is 0.392 e. The summed E-state index contributed by atoms with van der Waals surface area (Å²) in [5, 5.41) is 11.3. The lowest BCUT2D eigenvalue weighted by atomic mass is 9.64. The maximum Gasteiger partial charge on any atom is 0.147 e. The zero-order valence-corrected chi connectivity index (χ0v) is 16.5. The van der Waals surface area contributed by atoms with Gasteiger partial charge in [0.05, 0.1) is 18.8 Å². The van der Waals surface area contributed by atoms with E-state index in [0.717, 1.165) is 31.2 Å². The van der Waals surface area contributed by atoms with Crippen LogP contribution in [0, 0.1) is 23.2 Å².